The van der Waals surface area contributed by atoms with Gasteiger partial charge < -0.3 is 15.2 Å². The Morgan fingerprint density at radius 1 is 1.29 bits per heavy atom. The first-order valence-corrected chi connectivity index (χ1v) is 6.38. The van der Waals surface area contributed by atoms with Crippen molar-refractivity contribution in [2.45, 2.75) is 25.3 Å². The van der Waals surface area contributed by atoms with Crippen LogP contribution in [0.2, 0.25) is 0 Å². The second kappa shape index (κ2) is 6.74. The van der Waals surface area contributed by atoms with Gasteiger partial charge in [-0.25, -0.2) is 0 Å². The van der Waals surface area contributed by atoms with Crippen molar-refractivity contribution in [1.82, 2.24) is 5.32 Å². The van der Waals surface area contributed by atoms with E-state index in [1.54, 1.807) is 0 Å². The van der Waals surface area contributed by atoms with Gasteiger partial charge in [0, 0.05) is 13.1 Å². The zero-order valence-corrected chi connectivity index (χ0v) is 10.2. The van der Waals surface area contributed by atoms with E-state index in [1.807, 2.05) is 0 Å². The summed E-state index contributed by atoms with van der Waals surface area (Å²) < 4.78 is 5.18. The van der Waals surface area contributed by atoms with Crippen LogP contribution in [0.15, 0.2) is 24.3 Å². The first kappa shape index (κ1) is 12.6. The Hall–Kier alpha value is -0.900. The fourth-order valence-electron chi connectivity index (χ4n) is 1.92. The maximum atomic E-state index is 8.54. The molecule has 0 aromatic heterocycles. The van der Waals surface area contributed by atoms with Crippen molar-refractivity contribution < 1.29 is 9.84 Å². The van der Waals surface area contributed by atoms with Crippen molar-refractivity contribution in [3.8, 4) is 0 Å². The van der Waals surface area contributed by atoms with E-state index in [0.29, 0.717) is 13.2 Å². The number of aliphatic hydroxyl groups excluding tert-OH is 1. The molecule has 94 valence electrons. The zero-order valence-electron chi connectivity index (χ0n) is 10.2. The summed E-state index contributed by atoms with van der Waals surface area (Å²) in [5.74, 6) is 0.822. The third-order valence-corrected chi connectivity index (χ3v) is 2.99. The van der Waals surface area contributed by atoms with E-state index in [9.17, 15) is 0 Å². The number of nitrogens with one attached hydrogen (secondary N) is 1. The monoisotopic (exact) mass is 235 g/mol. The minimum absolute atomic E-state index is 0.101. The molecule has 1 fully saturated rings. The van der Waals surface area contributed by atoms with Crippen molar-refractivity contribution in [2.75, 3.05) is 26.4 Å². The minimum Gasteiger partial charge on any atom is -0.394 e. The van der Waals surface area contributed by atoms with Gasteiger partial charge in [-0.2, -0.15) is 0 Å². The molecule has 1 aromatic rings. The third kappa shape index (κ3) is 4.46. The number of hydrogen-bond donors (Lipinski definition) is 2. The molecule has 0 heterocycles. The lowest BCUT2D eigenvalue weighted by atomic mass is 10.1. The van der Waals surface area contributed by atoms with E-state index in [2.05, 4.69) is 29.6 Å². The molecule has 1 aliphatic carbocycles. The van der Waals surface area contributed by atoms with E-state index in [0.717, 1.165) is 19.0 Å². The van der Waals surface area contributed by atoms with E-state index in [1.165, 1.54) is 24.0 Å². The summed E-state index contributed by atoms with van der Waals surface area (Å²) in [6.45, 7) is 2.90. The zero-order chi connectivity index (χ0) is 11.9. The van der Waals surface area contributed by atoms with Crippen LogP contribution >= 0.6 is 0 Å². The van der Waals surface area contributed by atoms with Crippen molar-refractivity contribution in [3.05, 3.63) is 35.4 Å². The summed E-state index contributed by atoms with van der Waals surface area (Å²) in [7, 11) is 0. The fourth-order valence-corrected chi connectivity index (χ4v) is 1.92. The maximum Gasteiger partial charge on any atom is 0.0698 e. The normalized spacial score (nSPS) is 15.1. The van der Waals surface area contributed by atoms with Crippen molar-refractivity contribution in [1.29, 1.82) is 0 Å². The number of aliphatic hydroxyl groups is 1. The Bertz CT molecular complexity index is 337. The molecule has 0 amide bonds. The van der Waals surface area contributed by atoms with Gasteiger partial charge in [0.25, 0.3) is 0 Å². The minimum atomic E-state index is 0.101. The molecule has 0 aliphatic heterocycles. The molecule has 3 nitrogen and oxygen atoms in total. The summed E-state index contributed by atoms with van der Waals surface area (Å²) in [6.07, 6.45) is 2.71. The molecule has 0 atom stereocenters. The molecule has 3 heteroatoms. The highest BCUT2D eigenvalue weighted by molar-refractivity contribution is 5.28. The van der Waals surface area contributed by atoms with Crippen LogP contribution in [-0.2, 0) is 11.3 Å². The number of hydrogen-bond acceptors (Lipinski definition) is 3. The Labute approximate surface area is 103 Å². The van der Waals surface area contributed by atoms with Gasteiger partial charge in [-0.1, -0.05) is 24.3 Å². The second-order valence-corrected chi connectivity index (χ2v) is 4.53. The Morgan fingerprint density at radius 2 is 2.18 bits per heavy atom. The molecular weight excluding hydrogens is 214 g/mol. The van der Waals surface area contributed by atoms with Crippen molar-refractivity contribution in [3.63, 3.8) is 0 Å². The summed E-state index contributed by atoms with van der Waals surface area (Å²) >= 11 is 0. The van der Waals surface area contributed by atoms with Gasteiger partial charge in [-0.05, 0) is 29.9 Å². The first-order valence-electron chi connectivity index (χ1n) is 6.38. The van der Waals surface area contributed by atoms with Gasteiger partial charge in [0.15, 0.2) is 0 Å². The van der Waals surface area contributed by atoms with Gasteiger partial charge in [-0.15, -0.1) is 0 Å². The molecule has 0 radical (unpaired) electrons. The van der Waals surface area contributed by atoms with Crippen molar-refractivity contribution >= 4 is 0 Å². The van der Waals surface area contributed by atoms with E-state index in [4.69, 9.17) is 9.84 Å². The average molecular weight is 235 g/mol. The number of benzene rings is 1. The van der Waals surface area contributed by atoms with E-state index < -0.39 is 0 Å². The van der Waals surface area contributed by atoms with Gasteiger partial charge in [0.05, 0.1) is 19.8 Å². The first-order chi connectivity index (χ1) is 8.40. The predicted octanol–water partition coefficient (Wildman–Crippen LogP) is 1.66. The van der Waals surface area contributed by atoms with E-state index >= 15 is 0 Å². The molecule has 1 saturated carbocycles. The highest BCUT2D eigenvalue weighted by Gasteiger charge is 2.23. The SMILES string of the molecule is OCCOCCNCc1cccc(C2CC2)c1. The van der Waals surface area contributed by atoms with Gasteiger partial charge >= 0.3 is 0 Å². The second-order valence-electron chi connectivity index (χ2n) is 4.53. The van der Waals surface area contributed by atoms with E-state index in [-0.39, 0.29) is 6.61 Å². The predicted molar refractivity (Wildman–Crippen MR) is 68.0 cm³/mol. The Balaban J connectivity index is 1.66. The average Bonchev–Trinajstić information content (AvgIpc) is 3.18. The van der Waals surface area contributed by atoms with Crippen molar-refractivity contribution in [2.24, 2.45) is 0 Å². The van der Waals surface area contributed by atoms with Crippen LogP contribution in [0.4, 0.5) is 0 Å². The molecular formula is C14H21NO2. The highest BCUT2D eigenvalue weighted by Crippen LogP contribution is 2.40. The summed E-state index contributed by atoms with van der Waals surface area (Å²) in [5, 5.41) is 11.9. The summed E-state index contributed by atoms with van der Waals surface area (Å²) in [6, 6.07) is 8.84. The molecule has 0 unspecified atom stereocenters. The molecule has 0 bridgehead atoms. The molecule has 2 rings (SSSR count). The van der Waals surface area contributed by atoms with Crippen LogP contribution < -0.4 is 5.32 Å². The summed E-state index contributed by atoms with van der Waals surface area (Å²) in [4.78, 5) is 0. The Kier molecular flexibility index (Phi) is 4.98. The van der Waals surface area contributed by atoms with Crippen LogP contribution in [0.25, 0.3) is 0 Å². The molecule has 0 saturated heterocycles. The summed E-state index contributed by atoms with van der Waals surface area (Å²) in [5.41, 5.74) is 2.83. The van der Waals surface area contributed by atoms with Crippen LogP contribution in [0.1, 0.15) is 29.9 Å². The largest absolute Gasteiger partial charge is 0.394 e. The van der Waals surface area contributed by atoms with Crippen LogP contribution in [0, 0.1) is 0 Å². The number of ether oxygens (including phenoxy) is 1. The quantitative estimate of drug-likeness (QED) is 0.673. The Morgan fingerprint density at radius 3 is 2.94 bits per heavy atom. The lowest BCUT2D eigenvalue weighted by molar-refractivity contribution is 0.0938. The lowest BCUT2D eigenvalue weighted by Gasteiger charge is -2.07. The van der Waals surface area contributed by atoms with Gasteiger partial charge in [0.1, 0.15) is 0 Å². The molecule has 1 aromatic carbocycles. The molecule has 17 heavy (non-hydrogen) atoms. The molecule has 1 aliphatic rings. The highest BCUT2D eigenvalue weighted by atomic mass is 16.5. The van der Waals surface area contributed by atoms with Gasteiger partial charge in [-0.3, -0.25) is 0 Å². The van der Waals surface area contributed by atoms with Gasteiger partial charge in [0.2, 0.25) is 0 Å². The number of rotatable bonds is 8. The standard InChI is InChI=1S/C14H21NO2/c16-7-9-17-8-6-15-11-12-2-1-3-14(10-12)13-4-5-13/h1-3,10,13,15-16H,4-9,11H2. The van der Waals surface area contributed by atoms with Crippen LogP contribution in [0.3, 0.4) is 0 Å². The molecule has 2 N–H and O–H groups in total. The van der Waals surface area contributed by atoms with Crippen LogP contribution in [-0.4, -0.2) is 31.5 Å². The molecule has 0 spiro atoms. The third-order valence-electron chi connectivity index (χ3n) is 2.99. The smallest absolute Gasteiger partial charge is 0.0698 e. The lowest BCUT2D eigenvalue weighted by Crippen LogP contribution is -2.20. The van der Waals surface area contributed by atoms with Crippen LogP contribution in [0.5, 0.6) is 0 Å². The maximum absolute atomic E-state index is 8.54. The topological polar surface area (TPSA) is 41.5 Å². The fraction of sp³-hybridized carbons (Fsp3) is 0.571.